The molecular weight excluding hydrogens is 481 g/mol. The quantitative estimate of drug-likeness (QED) is 0.245. The number of rotatable bonds is 8. The highest BCUT2D eigenvalue weighted by atomic mass is 127. The molecule has 1 aromatic carbocycles. The Labute approximate surface area is 190 Å². The molecule has 1 atom stereocenters. The molecule has 8 nitrogen and oxygen atoms in total. The summed E-state index contributed by atoms with van der Waals surface area (Å²) in [6, 6.07) is 8.59. The molecule has 2 N–H and O–H groups in total. The van der Waals surface area contributed by atoms with E-state index in [1.165, 1.54) is 0 Å². The number of benzene rings is 1. The third kappa shape index (κ3) is 7.06. The second-order valence-electron chi connectivity index (χ2n) is 7.01. The fourth-order valence-electron chi connectivity index (χ4n) is 3.56. The number of anilines is 1. The monoisotopic (exact) mass is 513 g/mol. The van der Waals surface area contributed by atoms with Gasteiger partial charge in [0.05, 0.1) is 12.8 Å². The van der Waals surface area contributed by atoms with Crippen LogP contribution in [0.3, 0.4) is 0 Å². The van der Waals surface area contributed by atoms with E-state index in [4.69, 9.17) is 4.74 Å². The van der Waals surface area contributed by atoms with Crippen molar-refractivity contribution < 1.29 is 4.74 Å². The number of nitrogens with zero attached hydrogens (tertiary/aromatic N) is 5. The molecule has 2 aromatic rings. The zero-order chi connectivity index (χ0) is 19.6. The summed E-state index contributed by atoms with van der Waals surface area (Å²) in [4.78, 5) is 6.78. The maximum Gasteiger partial charge on any atom is 0.191 e. The molecule has 160 valence electrons. The number of aliphatic imine (C=N–C) groups is 1. The summed E-state index contributed by atoms with van der Waals surface area (Å²) in [6.07, 6.45) is 7.94. The number of para-hydroxylation sites is 2. The van der Waals surface area contributed by atoms with Crippen molar-refractivity contribution in [3.8, 4) is 5.75 Å². The summed E-state index contributed by atoms with van der Waals surface area (Å²) >= 11 is 0. The van der Waals surface area contributed by atoms with Crippen molar-refractivity contribution >= 4 is 35.6 Å². The molecular formula is C20H32IN7O. The van der Waals surface area contributed by atoms with Crippen molar-refractivity contribution in [1.29, 1.82) is 0 Å². The molecule has 0 aliphatic carbocycles. The molecule has 1 unspecified atom stereocenters. The van der Waals surface area contributed by atoms with Crippen LogP contribution in [0.15, 0.2) is 41.9 Å². The Morgan fingerprint density at radius 3 is 2.79 bits per heavy atom. The molecule has 0 spiro atoms. The number of unbranched alkanes of at least 4 members (excludes halogenated alkanes) is 1. The van der Waals surface area contributed by atoms with E-state index in [9.17, 15) is 0 Å². The van der Waals surface area contributed by atoms with Crippen LogP contribution in [-0.4, -0.2) is 60.6 Å². The standard InChI is InChI=1S/C20H31N7O.HI/c1-21-20(22-11-5-6-12-26-15-23-24-16-26)25-17-8-7-13-27(14-17)18-9-3-4-10-19(18)28-2;/h3-4,9-10,15-17H,5-8,11-14H2,1-2H3,(H2,21,22,25);1H. The highest BCUT2D eigenvalue weighted by Gasteiger charge is 2.22. The van der Waals surface area contributed by atoms with E-state index in [2.05, 4.69) is 42.9 Å². The third-order valence-electron chi connectivity index (χ3n) is 5.01. The van der Waals surface area contributed by atoms with Gasteiger partial charge in [-0.05, 0) is 37.8 Å². The normalized spacial score (nSPS) is 16.8. The molecule has 0 radical (unpaired) electrons. The topological polar surface area (TPSA) is 79.6 Å². The van der Waals surface area contributed by atoms with Gasteiger partial charge >= 0.3 is 0 Å². The van der Waals surface area contributed by atoms with Crippen molar-refractivity contribution in [2.24, 2.45) is 4.99 Å². The lowest BCUT2D eigenvalue weighted by atomic mass is 10.0. The minimum Gasteiger partial charge on any atom is -0.495 e. The van der Waals surface area contributed by atoms with E-state index in [0.29, 0.717) is 6.04 Å². The first-order valence-electron chi connectivity index (χ1n) is 9.97. The maximum atomic E-state index is 5.53. The molecule has 0 bridgehead atoms. The molecule has 1 fully saturated rings. The summed E-state index contributed by atoms with van der Waals surface area (Å²) in [5.41, 5.74) is 1.16. The van der Waals surface area contributed by atoms with Gasteiger partial charge < -0.3 is 24.8 Å². The van der Waals surface area contributed by atoms with Gasteiger partial charge in [0.25, 0.3) is 0 Å². The van der Waals surface area contributed by atoms with Gasteiger partial charge in [-0.15, -0.1) is 34.2 Å². The minimum absolute atomic E-state index is 0. The molecule has 29 heavy (non-hydrogen) atoms. The van der Waals surface area contributed by atoms with E-state index in [1.807, 2.05) is 23.7 Å². The summed E-state index contributed by atoms with van der Waals surface area (Å²) in [6.45, 7) is 3.82. The summed E-state index contributed by atoms with van der Waals surface area (Å²) in [7, 11) is 3.56. The molecule has 3 rings (SSSR count). The van der Waals surface area contributed by atoms with Crippen LogP contribution in [0.2, 0.25) is 0 Å². The van der Waals surface area contributed by atoms with Crippen molar-refractivity contribution in [2.75, 3.05) is 38.7 Å². The van der Waals surface area contributed by atoms with Gasteiger partial charge in [0.15, 0.2) is 5.96 Å². The highest BCUT2D eigenvalue weighted by molar-refractivity contribution is 14.0. The molecule has 0 saturated carbocycles. The van der Waals surface area contributed by atoms with Crippen molar-refractivity contribution in [3.63, 3.8) is 0 Å². The van der Waals surface area contributed by atoms with E-state index < -0.39 is 0 Å². The van der Waals surface area contributed by atoms with Crippen LogP contribution < -0.4 is 20.3 Å². The van der Waals surface area contributed by atoms with Crippen LogP contribution in [0.5, 0.6) is 5.75 Å². The summed E-state index contributed by atoms with van der Waals surface area (Å²) in [5.74, 6) is 1.80. The fraction of sp³-hybridized carbons (Fsp3) is 0.550. The Kier molecular flexibility index (Phi) is 10.0. The zero-order valence-corrected chi connectivity index (χ0v) is 19.6. The van der Waals surface area contributed by atoms with Crippen LogP contribution in [0.4, 0.5) is 5.69 Å². The molecule has 9 heteroatoms. The number of halogens is 1. The average molecular weight is 513 g/mol. The number of aryl methyl sites for hydroxylation is 1. The zero-order valence-electron chi connectivity index (χ0n) is 17.3. The molecule has 1 aromatic heterocycles. The van der Waals surface area contributed by atoms with Crippen LogP contribution in [0, 0.1) is 0 Å². The van der Waals surface area contributed by atoms with E-state index in [0.717, 1.165) is 69.3 Å². The smallest absolute Gasteiger partial charge is 0.191 e. The molecule has 0 amide bonds. The van der Waals surface area contributed by atoms with Crippen molar-refractivity contribution in [3.05, 3.63) is 36.9 Å². The molecule has 1 aliphatic heterocycles. The number of aromatic nitrogens is 3. The number of hydrogen-bond donors (Lipinski definition) is 2. The average Bonchev–Trinajstić information content (AvgIpc) is 3.26. The van der Waals surface area contributed by atoms with Gasteiger partial charge in [-0.3, -0.25) is 4.99 Å². The Morgan fingerprint density at radius 2 is 2.03 bits per heavy atom. The highest BCUT2D eigenvalue weighted by Crippen LogP contribution is 2.29. The lowest BCUT2D eigenvalue weighted by molar-refractivity contribution is 0.408. The number of ether oxygens (including phenoxy) is 1. The van der Waals surface area contributed by atoms with Crippen LogP contribution in [-0.2, 0) is 6.54 Å². The largest absolute Gasteiger partial charge is 0.495 e. The Bertz CT molecular complexity index is 738. The molecule has 1 aliphatic rings. The van der Waals surface area contributed by atoms with Crippen LogP contribution in [0.25, 0.3) is 0 Å². The van der Waals surface area contributed by atoms with Crippen molar-refractivity contribution in [1.82, 2.24) is 25.4 Å². The third-order valence-corrected chi connectivity index (χ3v) is 5.01. The predicted molar refractivity (Wildman–Crippen MR) is 127 cm³/mol. The first-order valence-corrected chi connectivity index (χ1v) is 9.97. The maximum absolute atomic E-state index is 5.53. The van der Waals surface area contributed by atoms with E-state index >= 15 is 0 Å². The van der Waals surface area contributed by atoms with Gasteiger partial charge in [-0.1, -0.05) is 12.1 Å². The van der Waals surface area contributed by atoms with E-state index in [-0.39, 0.29) is 24.0 Å². The van der Waals surface area contributed by atoms with Crippen LogP contribution in [0.1, 0.15) is 25.7 Å². The second-order valence-corrected chi connectivity index (χ2v) is 7.01. The predicted octanol–water partition coefficient (Wildman–Crippen LogP) is 2.52. The number of piperidine rings is 1. The van der Waals surface area contributed by atoms with Gasteiger partial charge in [-0.2, -0.15) is 0 Å². The Morgan fingerprint density at radius 1 is 1.24 bits per heavy atom. The Balaban J connectivity index is 0.00000300. The molecule has 1 saturated heterocycles. The number of nitrogens with one attached hydrogen (secondary N) is 2. The Hall–Kier alpha value is -2.04. The lowest BCUT2D eigenvalue weighted by Crippen LogP contribution is -2.51. The summed E-state index contributed by atoms with van der Waals surface area (Å²) in [5, 5.41) is 14.7. The lowest BCUT2D eigenvalue weighted by Gasteiger charge is -2.36. The fourth-order valence-corrected chi connectivity index (χ4v) is 3.56. The van der Waals surface area contributed by atoms with Gasteiger partial charge in [0.1, 0.15) is 18.4 Å². The number of guanidine groups is 1. The first-order chi connectivity index (χ1) is 13.8. The van der Waals surface area contributed by atoms with Crippen molar-refractivity contribution in [2.45, 2.75) is 38.3 Å². The van der Waals surface area contributed by atoms with Crippen LogP contribution >= 0.6 is 24.0 Å². The first kappa shape index (κ1) is 23.2. The minimum atomic E-state index is 0. The number of hydrogen-bond acceptors (Lipinski definition) is 5. The van der Waals surface area contributed by atoms with E-state index in [1.54, 1.807) is 19.8 Å². The SMILES string of the molecule is CN=C(NCCCCn1cnnc1)NC1CCCN(c2ccccc2OC)C1.I. The van der Waals surface area contributed by atoms with Gasteiger partial charge in [-0.25, -0.2) is 0 Å². The number of methoxy groups -OCH3 is 1. The second kappa shape index (κ2) is 12.5. The van der Waals surface area contributed by atoms with Gasteiger partial charge in [0.2, 0.25) is 0 Å². The summed E-state index contributed by atoms with van der Waals surface area (Å²) < 4.78 is 7.53. The molecule has 2 heterocycles. The van der Waals surface area contributed by atoms with Gasteiger partial charge in [0, 0.05) is 39.3 Å².